The lowest BCUT2D eigenvalue weighted by Crippen LogP contribution is -2.48. The zero-order valence-electron chi connectivity index (χ0n) is 15.9. The molecule has 4 atom stereocenters. The van der Waals surface area contributed by atoms with Gasteiger partial charge < -0.3 is 14.6 Å². The first-order chi connectivity index (χ1) is 11.4. The lowest BCUT2D eigenvalue weighted by atomic mass is 9.81. The third-order valence-electron chi connectivity index (χ3n) is 4.24. The van der Waals surface area contributed by atoms with Gasteiger partial charge in [-0.15, -0.1) is 0 Å². The molecule has 142 valence electrons. The van der Waals surface area contributed by atoms with Gasteiger partial charge in [0.2, 0.25) is 0 Å². The number of carbonyl (C=O) groups excluding carboxylic acids is 2. The monoisotopic (exact) mass is 355 g/mol. The van der Waals surface area contributed by atoms with E-state index in [0.717, 1.165) is 5.57 Å². The summed E-state index contributed by atoms with van der Waals surface area (Å²) >= 11 is 0. The molecule has 25 heavy (non-hydrogen) atoms. The number of hydrogen-bond acceptors (Lipinski definition) is 5. The van der Waals surface area contributed by atoms with Gasteiger partial charge in [0.25, 0.3) is 0 Å². The number of amides is 1. The number of likely N-dealkylation sites (tertiary alicyclic amines) is 1. The molecular formula is C18H29NO6. The molecule has 0 unspecified atom stereocenters. The molecule has 1 saturated heterocycles. The standard InChI is InChI=1S/C18H29NO6/c1-8-24-16(22)15-12(9-13(20)21)14(10(2)3)11(4)19(15)17(23)25-18(5,6)7/h11-12,14-15H,2,8-9H2,1,3-7H3,(H,20,21)/t11-,12+,14-,15+/m1/s1. The van der Waals surface area contributed by atoms with Crippen molar-refractivity contribution in [3.63, 3.8) is 0 Å². The van der Waals surface area contributed by atoms with Gasteiger partial charge in [-0.3, -0.25) is 9.69 Å². The van der Waals surface area contributed by atoms with E-state index in [1.807, 2.05) is 0 Å². The summed E-state index contributed by atoms with van der Waals surface area (Å²) in [6.07, 6.45) is -0.915. The summed E-state index contributed by atoms with van der Waals surface area (Å²) in [5.74, 6) is -2.60. The van der Waals surface area contributed by atoms with Gasteiger partial charge in [-0.2, -0.15) is 0 Å². The Hall–Kier alpha value is -2.05. The molecule has 1 aliphatic rings. The second-order valence-electron chi connectivity index (χ2n) is 7.46. The molecule has 0 aromatic heterocycles. The maximum atomic E-state index is 12.7. The first-order valence-corrected chi connectivity index (χ1v) is 8.45. The number of hydrogen-bond donors (Lipinski definition) is 1. The first-order valence-electron chi connectivity index (χ1n) is 8.45. The van der Waals surface area contributed by atoms with Crippen LogP contribution in [0.4, 0.5) is 4.79 Å². The van der Waals surface area contributed by atoms with Crippen LogP contribution in [0, 0.1) is 11.8 Å². The number of ether oxygens (including phenoxy) is 2. The average Bonchev–Trinajstić information content (AvgIpc) is 2.68. The molecule has 0 aromatic rings. The van der Waals surface area contributed by atoms with E-state index in [9.17, 15) is 19.5 Å². The van der Waals surface area contributed by atoms with Gasteiger partial charge in [0.05, 0.1) is 13.0 Å². The van der Waals surface area contributed by atoms with Crippen molar-refractivity contribution in [3.05, 3.63) is 12.2 Å². The molecule has 1 aliphatic heterocycles. The van der Waals surface area contributed by atoms with Crippen molar-refractivity contribution in [3.8, 4) is 0 Å². The maximum Gasteiger partial charge on any atom is 0.411 e. The molecule has 0 aromatic carbocycles. The molecule has 1 fully saturated rings. The van der Waals surface area contributed by atoms with Crippen molar-refractivity contribution >= 4 is 18.0 Å². The third-order valence-corrected chi connectivity index (χ3v) is 4.24. The number of carbonyl (C=O) groups is 3. The Kier molecular flexibility index (Phi) is 6.62. The van der Waals surface area contributed by atoms with E-state index >= 15 is 0 Å². The van der Waals surface area contributed by atoms with Crippen molar-refractivity contribution in [1.29, 1.82) is 0 Å². The van der Waals surface area contributed by atoms with Crippen LogP contribution in [0.3, 0.4) is 0 Å². The zero-order chi connectivity index (χ0) is 19.5. The van der Waals surface area contributed by atoms with Crippen LogP contribution in [-0.2, 0) is 19.1 Å². The second-order valence-corrected chi connectivity index (χ2v) is 7.46. The molecule has 0 spiro atoms. The predicted octanol–water partition coefficient (Wildman–Crippen LogP) is 2.84. The van der Waals surface area contributed by atoms with Crippen LogP contribution in [0.15, 0.2) is 12.2 Å². The van der Waals surface area contributed by atoms with E-state index in [1.54, 1.807) is 41.5 Å². The Morgan fingerprint density at radius 2 is 1.80 bits per heavy atom. The molecule has 0 bridgehead atoms. The van der Waals surface area contributed by atoms with E-state index in [1.165, 1.54) is 4.90 Å². The van der Waals surface area contributed by atoms with Crippen molar-refractivity contribution in [2.24, 2.45) is 11.8 Å². The minimum absolute atomic E-state index is 0.142. The summed E-state index contributed by atoms with van der Waals surface area (Å²) in [6, 6.07) is -1.44. The van der Waals surface area contributed by atoms with Crippen LogP contribution in [0.25, 0.3) is 0 Å². The van der Waals surface area contributed by atoms with Crippen molar-refractivity contribution in [1.82, 2.24) is 4.90 Å². The highest BCUT2D eigenvalue weighted by Crippen LogP contribution is 2.42. The van der Waals surface area contributed by atoms with E-state index in [4.69, 9.17) is 9.47 Å². The van der Waals surface area contributed by atoms with Crippen LogP contribution in [-0.4, -0.2) is 52.3 Å². The number of aliphatic carboxylic acids is 1. The second kappa shape index (κ2) is 7.89. The van der Waals surface area contributed by atoms with Gasteiger partial charge in [0, 0.05) is 17.9 Å². The molecule has 7 nitrogen and oxygen atoms in total. The molecule has 1 N–H and O–H groups in total. The Morgan fingerprint density at radius 1 is 1.24 bits per heavy atom. The van der Waals surface area contributed by atoms with Crippen molar-refractivity contribution in [2.75, 3.05) is 6.61 Å². The fourth-order valence-electron chi connectivity index (χ4n) is 3.51. The van der Waals surface area contributed by atoms with Crippen LogP contribution < -0.4 is 0 Å². The Labute approximate surface area is 149 Å². The highest BCUT2D eigenvalue weighted by molar-refractivity contribution is 5.84. The molecular weight excluding hydrogens is 326 g/mol. The molecule has 1 heterocycles. The highest BCUT2D eigenvalue weighted by Gasteiger charge is 2.54. The maximum absolute atomic E-state index is 12.7. The molecule has 0 saturated carbocycles. The van der Waals surface area contributed by atoms with Gasteiger partial charge in [-0.1, -0.05) is 12.2 Å². The number of nitrogens with zero attached hydrogens (tertiary/aromatic N) is 1. The number of carboxylic acids is 1. The highest BCUT2D eigenvalue weighted by atomic mass is 16.6. The first kappa shape index (κ1) is 21.0. The topological polar surface area (TPSA) is 93.1 Å². The minimum Gasteiger partial charge on any atom is -0.481 e. The number of rotatable bonds is 5. The quantitative estimate of drug-likeness (QED) is 0.602. The van der Waals surface area contributed by atoms with Crippen LogP contribution in [0.2, 0.25) is 0 Å². The SMILES string of the molecule is C=C(C)[C@H]1[C@H](CC(=O)O)[C@@H](C(=O)OCC)N(C(=O)OC(C)(C)C)[C@@H]1C. The van der Waals surface area contributed by atoms with Gasteiger partial charge in [-0.05, 0) is 41.5 Å². The molecule has 0 aliphatic carbocycles. The minimum atomic E-state index is -1.04. The van der Waals surface area contributed by atoms with Crippen LogP contribution in [0.1, 0.15) is 48.0 Å². The summed E-state index contributed by atoms with van der Waals surface area (Å²) in [5.41, 5.74) is -0.0151. The summed E-state index contributed by atoms with van der Waals surface area (Å²) in [4.78, 5) is 37.9. The van der Waals surface area contributed by atoms with E-state index < -0.39 is 41.6 Å². The Balaban J connectivity index is 3.33. The van der Waals surface area contributed by atoms with E-state index in [-0.39, 0.29) is 18.9 Å². The Bertz CT molecular complexity index is 550. The molecule has 7 heteroatoms. The van der Waals surface area contributed by atoms with Gasteiger partial charge in [-0.25, -0.2) is 9.59 Å². The zero-order valence-corrected chi connectivity index (χ0v) is 15.9. The average molecular weight is 355 g/mol. The van der Waals surface area contributed by atoms with E-state index in [2.05, 4.69) is 6.58 Å². The predicted molar refractivity (Wildman–Crippen MR) is 92.0 cm³/mol. The lowest BCUT2D eigenvalue weighted by Gasteiger charge is -2.31. The van der Waals surface area contributed by atoms with Crippen LogP contribution >= 0.6 is 0 Å². The summed E-state index contributed by atoms with van der Waals surface area (Å²) in [6.45, 7) is 14.5. The van der Waals surface area contributed by atoms with E-state index in [0.29, 0.717) is 0 Å². The number of carboxylic acid groups (broad SMARTS) is 1. The fraction of sp³-hybridized carbons (Fsp3) is 0.722. The van der Waals surface area contributed by atoms with Crippen LogP contribution in [0.5, 0.6) is 0 Å². The third kappa shape index (κ3) is 4.96. The summed E-state index contributed by atoms with van der Waals surface area (Å²) in [5, 5.41) is 9.28. The molecule has 1 rings (SSSR count). The lowest BCUT2D eigenvalue weighted by molar-refractivity contribution is -0.150. The largest absolute Gasteiger partial charge is 0.481 e. The van der Waals surface area contributed by atoms with Crippen molar-refractivity contribution in [2.45, 2.75) is 65.6 Å². The van der Waals surface area contributed by atoms with Gasteiger partial charge in [0.15, 0.2) is 0 Å². The van der Waals surface area contributed by atoms with Crippen molar-refractivity contribution < 1.29 is 29.0 Å². The summed E-state index contributed by atoms with van der Waals surface area (Å²) < 4.78 is 10.5. The summed E-state index contributed by atoms with van der Waals surface area (Å²) in [7, 11) is 0. The molecule has 0 radical (unpaired) electrons. The fourth-order valence-corrected chi connectivity index (χ4v) is 3.51. The molecule has 1 amide bonds. The normalized spacial score (nSPS) is 26.2. The number of esters is 1. The van der Waals surface area contributed by atoms with Gasteiger partial charge in [0.1, 0.15) is 11.6 Å². The van der Waals surface area contributed by atoms with Gasteiger partial charge >= 0.3 is 18.0 Å². The smallest absolute Gasteiger partial charge is 0.411 e. The Morgan fingerprint density at radius 3 is 2.20 bits per heavy atom.